The van der Waals surface area contributed by atoms with Gasteiger partial charge in [0, 0.05) is 12.1 Å². The zero-order valence-corrected chi connectivity index (χ0v) is 11.9. The highest BCUT2D eigenvalue weighted by Crippen LogP contribution is 2.12. The van der Waals surface area contributed by atoms with Crippen LogP contribution in [0, 0.1) is 13.8 Å². The highest BCUT2D eigenvalue weighted by molar-refractivity contribution is 7.89. The summed E-state index contributed by atoms with van der Waals surface area (Å²) < 4.78 is 31.0. The summed E-state index contributed by atoms with van der Waals surface area (Å²) in [5, 5.41) is 6.77. The largest absolute Gasteiger partial charge is 0.361 e. The molecule has 1 heterocycles. The number of nitrogens with zero attached hydrogens (tertiary/aromatic N) is 1. The van der Waals surface area contributed by atoms with E-state index in [1.54, 1.807) is 13.8 Å². The molecule has 1 aromatic rings. The molecule has 0 amide bonds. The van der Waals surface area contributed by atoms with Crippen molar-refractivity contribution in [2.45, 2.75) is 33.2 Å². The van der Waals surface area contributed by atoms with Crippen molar-refractivity contribution in [3.05, 3.63) is 17.0 Å². The Morgan fingerprint density at radius 3 is 2.56 bits per heavy atom. The fraction of sp³-hybridized carbons (Fsp3) is 0.727. The van der Waals surface area contributed by atoms with Crippen molar-refractivity contribution in [3.8, 4) is 0 Å². The minimum Gasteiger partial charge on any atom is -0.361 e. The number of sulfonamides is 1. The van der Waals surface area contributed by atoms with Gasteiger partial charge in [-0.2, -0.15) is 0 Å². The molecule has 0 aliphatic carbocycles. The lowest BCUT2D eigenvalue weighted by Gasteiger charge is -2.06. The number of unbranched alkanes of at least 4 members (excludes halogenated alkanes) is 1. The van der Waals surface area contributed by atoms with E-state index >= 15 is 0 Å². The predicted octanol–water partition coefficient (Wildman–Crippen LogP) is 0.710. The van der Waals surface area contributed by atoms with Crippen LogP contribution >= 0.6 is 0 Å². The molecule has 2 N–H and O–H groups in total. The van der Waals surface area contributed by atoms with Gasteiger partial charge in [0.05, 0.1) is 11.4 Å². The first kappa shape index (κ1) is 15.1. The molecule has 0 radical (unpaired) electrons. The van der Waals surface area contributed by atoms with Crippen LogP contribution in [0.1, 0.15) is 29.9 Å². The third kappa shape index (κ3) is 4.75. The van der Waals surface area contributed by atoms with Crippen LogP contribution < -0.4 is 10.0 Å². The Hall–Kier alpha value is -0.920. The van der Waals surface area contributed by atoms with E-state index < -0.39 is 10.0 Å². The summed E-state index contributed by atoms with van der Waals surface area (Å²) in [4.78, 5) is 0. The number of aromatic nitrogens is 1. The van der Waals surface area contributed by atoms with E-state index in [1.807, 2.05) is 7.05 Å². The molecule has 0 aromatic carbocycles. The summed E-state index contributed by atoms with van der Waals surface area (Å²) in [6, 6.07) is 0. The van der Waals surface area contributed by atoms with E-state index in [2.05, 4.69) is 15.2 Å². The number of aryl methyl sites for hydroxylation is 2. The summed E-state index contributed by atoms with van der Waals surface area (Å²) in [6.45, 7) is 4.65. The van der Waals surface area contributed by atoms with Gasteiger partial charge in [0.25, 0.3) is 0 Å². The zero-order chi connectivity index (χ0) is 13.6. The molecule has 7 heteroatoms. The second kappa shape index (κ2) is 6.86. The standard InChI is InChI=1S/C11H21N3O3S/c1-9-11(10(2)17-14-9)8-13-18(15,16)7-5-4-6-12-3/h12-13H,4-8H2,1-3H3. The Labute approximate surface area is 108 Å². The van der Waals surface area contributed by atoms with Gasteiger partial charge in [-0.25, -0.2) is 13.1 Å². The molecule has 18 heavy (non-hydrogen) atoms. The van der Waals surface area contributed by atoms with Crippen molar-refractivity contribution in [3.63, 3.8) is 0 Å². The summed E-state index contributed by atoms with van der Waals surface area (Å²) in [5.41, 5.74) is 1.54. The van der Waals surface area contributed by atoms with E-state index in [1.165, 1.54) is 0 Å². The van der Waals surface area contributed by atoms with Crippen LogP contribution in [0.3, 0.4) is 0 Å². The maximum atomic E-state index is 11.7. The molecule has 0 bridgehead atoms. The van der Waals surface area contributed by atoms with Gasteiger partial charge in [-0.3, -0.25) is 0 Å². The first-order valence-electron chi connectivity index (χ1n) is 6.00. The van der Waals surface area contributed by atoms with Gasteiger partial charge in [0.2, 0.25) is 10.0 Å². The van der Waals surface area contributed by atoms with Crippen molar-refractivity contribution >= 4 is 10.0 Å². The van der Waals surface area contributed by atoms with Crippen LogP contribution in [-0.4, -0.2) is 32.9 Å². The molecular weight excluding hydrogens is 254 g/mol. The van der Waals surface area contributed by atoms with Crippen LogP contribution in [0.5, 0.6) is 0 Å². The van der Waals surface area contributed by atoms with Gasteiger partial charge in [-0.15, -0.1) is 0 Å². The topological polar surface area (TPSA) is 84.2 Å². The Kier molecular flexibility index (Phi) is 5.77. The molecule has 1 aromatic heterocycles. The predicted molar refractivity (Wildman–Crippen MR) is 69.8 cm³/mol. The van der Waals surface area contributed by atoms with Crippen LogP contribution in [0.4, 0.5) is 0 Å². The van der Waals surface area contributed by atoms with Crippen LogP contribution in [0.15, 0.2) is 4.52 Å². The highest BCUT2D eigenvalue weighted by atomic mass is 32.2. The quantitative estimate of drug-likeness (QED) is 0.683. The summed E-state index contributed by atoms with van der Waals surface area (Å²) in [6.07, 6.45) is 1.50. The number of hydrogen-bond donors (Lipinski definition) is 2. The fourth-order valence-electron chi connectivity index (χ4n) is 1.60. The Balaban J connectivity index is 2.42. The van der Waals surface area contributed by atoms with E-state index in [4.69, 9.17) is 4.52 Å². The maximum absolute atomic E-state index is 11.7. The monoisotopic (exact) mass is 275 g/mol. The van der Waals surface area contributed by atoms with Crippen LogP contribution in [0.25, 0.3) is 0 Å². The third-order valence-corrected chi connectivity index (χ3v) is 4.15. The Morgan fingerprint density at radius 1 is 1.28 bits per heavy atom. The molecule has 0 saturated heterocycles. The highest BCUT2D eigenvalue weighted by Gasteiger charge is 2.14. The van der Waals surface area contributed by atoms with Gasteiger partial charge in [-0.1, -0.05) is 5.16 Å². The molecule has 0 aliphatic rings. The van der Waals surface area contributed by atoms with Gasteiger partial charge >= 0.3 is 0 Å². The van der Waals surface area contributed by atoms with Crippen molar-refractivity contribution in [2.75, 3.05) is 19.3 Å². The van der Waals surface area contributed by atoms with E-state index in [-0.39, 0.29) is 12.3 Å². The lowest BCUT2D eigenvalue weighted by atomic mass is 10.2. The van der Waals surface area contributed by atoms with Gasteiger partial charge in [0.1, 0.15) is 5.76 Å². The second-order valence-electron chi connectivity index (χ2n) is 4.25. The summed E-state index contributed by atoms with van der Waals surface area (Å²) >= 11 is 0. The van der Waals surface area contributed by atoms with Gasteiger partial charge < -0.3 is 9.84 Å². The number of rotatable bonds is 8. The minimum atomic E-state index is -3.22. The second-order valence-corrected chi connectivity index (χ2v) is 6.18. The third-order valence-electron chi connectivity index (χ3n) is 2.74. The average Bonchev–Trinajstić information content (AvgIpc) is 2.62. The summed E-state index contributed by atoms with van der Waals surface area (Å²) in [5.74, 6) is 0.809. The average molecular weight is 275 g/mol. The van der Waals surface area contributed by atoms with Crippen molar-refractivity contribution in [2.24, 2.45) is 0 Å². The number of hydrogen-bond acceptors (Lipinski definition) is 5. The molecule has 1 rings (SSSR count). The first-order valence-corrected chi connectivity index (χ1v) is 7.65. The van der Waals surface area contributed by atoms with E-state index in [0.29, 0.717) is 12.2 Å². The SMILES string of the molecule is CNCCCCS(=O)(=O)NCc1c(C)noc1C. The zero-order valence-electron chi connectivity index (χ0n) is 11.1. The lowest BCUT2D eigenvalue weighted by molar-refractivity contribution is 0.392. The Bertz CT molecular complexity index is 448. The molecule has 0 fully saturated rings. The Morgan fingerprint density at radius 2 is 2.00 bits per heavy atom. The fourth-order valence-corrected chi connectivity index (χ4v) is 2.70. The minimum absolute atomic E-state index is 0.151. The van der Waals surface area contributed by atoms with E-state index in [0.717, 1.165) is 24.2 Å². The van der Waals surface area contributed by atoms with Crippen molar-refractivity contribution in [1.29, 1.82) is 0 Å². The molecule has 0 spiro atoms. The van der Waals surface area contributed by atoms with E-state index in [9.17, 15) is 8.42 Å². The smallest absolute Gasteiger partial charge is 0.211 e. The molecule has 0 aliphatic heterocycles. The van der Waals surface area contributed by atoms with Crippen LogP contribution in [0.2, 0.25) is 0 Å². The first-order chi connectivity index (χ1) is 8.46. The molecule has 0 unspecified atom stereocenters. The van der Waals surface area contributed by atoms with Gasteiger partial charge in [0.15, 0.2) is 0 Å². The van der Waals surface area contributed by atoms with Crippen LogP contribution in [-0.2, 0) is 16.6 Å². The molecule has 0 atom stereocenters. The van der Waals surface area contributed by atoms with Crippen molar-refractivity contribution in [1.82, 2.24) is 15.2 Å². The van der Waals surface area contributed by atoms with Gasteiger partial charge in [-0.05, 0) is 40.3 Å². The lowest BCUT2D eigenvalue weighted by Crippen LogP contribution is -2.26. The molecular formula is C11H21N3O3S. The molecule has 104 valence electrons. The molecule has 6 nitrogen and oxygen atoms in total. The summed E-state index contributed by atoms with van der Waals surface area (Å²) in [7, 11) is -1.37. The molecule has 0 saturated carbocycles. The number of nitrogens with one attached hydrogen (secondary N) is 2. The normalized spacial score (nSPS) is 11.9. The maximum Gasteiger partial charge on any atom is 0.211 e. The van der Waals surface area contributed by atoms with Crippen molar-refractivity contribution < 1.29 is 12.9 Å².